The van der Waals surface area contributed by atoms with Gasteiger partial charge >= 0.3 is 0 Å². The van der Waals surface area contributed by atoms with E-state index in [1.165, 1.54) is 0 Å². The highest BCUT2D eigenvalue weighted by Gasteiger charge is 2.13. The molecule has 1 aromatic carbocycles. The third-order valence-electron chi connectivity index (χ3n) is 2.99. The smallest absolute Gasteiger partial charge is 0.231 e. The Morgan fingerprint density at radius 1 is 1.20 bits per heavy atom. The molecule has 5 heteroatoms. The Hall–Kier alpha value is -2.27. The van der Waals surface area contributed by atoms with Crippen LogP contribution < -0.4 is 19.5 Å². The van der Waals surface area contributed by atoms with Crippen LogP contribution in [-0.4, -0.2) is 18.8 Å². The van der Waals surface area contributed by atoms with Crippen molar-refractivity contribution in [2.75, 3.05) is 13.8 Å². The van der Waals surface area contributed by atoms with Crippen LogP contribution >= 0.6 is 0 Å². The van der Waals surface area contributed by atoms with Crippen molar-refractivity contribution in [1.29, 1.82) is 0 Å². The van der Waals surface area contributed by atoms with Crippen LogP contribution in [0.2, 0.25) is 0 Å². The normalized spacial score (nSPS) is 12.4. The lowest BCUT2D eigenvalue weighted by Crippen LogP contribution is -2.07. The molecule has 0 fully saturated rings. The van der Waals surface area contributed by atoms with E-state index in [2.05, 4.69) is 10.3 Å². The van der Waals surface area contributed by atoms with E-state index >= 15 is 0 Å². The summed E-state index contributed by atoms with van der Waals surface area (Å²) in [5.74, 6) is 2.37. The highest BCUT2D eigenvalue weighted by Crippen LogP contribution is 2.32. The minimum atomic E-state index is 0.289. The van der Waals surface area contributed by atoms with Crippen LogP contribution in [0.3, 0.4) is 0 Å². The lowest BCUT2D eigenvalue weighted by atomic mass is 10.2. The van der Waals surface area contributed by atoms with Crippen LogP contribution in [0, 0.1) is 0 Å². The number of aromatic nitrogens is 1. The van der Waals surface area contributed by atoms with Gasteiger partial charge in [0.1, 0.15) is 12.4 Å². The second-order valence-electron chi connectivity index (χ2n) is 4.49. The average Bonchev–Trinajstić information content (AvgIpc) is 2.93. The van der Waals surface area contributed by atoms with Crippen molar-refractivity contribution in [3.63, 3.8) is 0 Å². The molecule has 2 aromatic rings. The second kappa shape index (κ2) is 5.79. The summed E-state index contributed by atoms with van der Waals surface area (Å²) in [6, 6.07) is 9.61. The van der Waals surface area contributed by atoms with Crippen LogP contribution in [0.5, 0.6) is 17.2 Å². The summed E-state index contributed by atoms with van der Waals surface area (Å²) in [4.78, 5) is 4.25. The molecular weight excluding hydrogens is 256 g/mol. The highest BCUT2D eigenvalue weighted by atomic mass is 16.7. The third-order valence-corrected chi connectivity index (χ3v) is 2.99. The predicted molar refractivity (Wildman–Crippen MR) is 73.9 cm³/mol. The molecule has 0 unspecified atom stereocenters. The van der Waals surface area contributed by atoms with E-state index in [4.69, 9.17) is 14.2 Å². The molecule has 0 bridgehead atoms. The summed E-state index contributed by atoms with van der Waals surface area (Å²) in [7, 11) is 1.89. The molecule has 0 saturated heterocycles. The molecule has 1 N–H and O–H groups in total. The van der Waals surface area contributed by atoms with Gasteiger partial charge in [-0.3, -0.25) is 4.98 Å². The van der Waals surface area contributed by atoms with Crippen molar-refractivity contribution in [1.82, 2.24) is 10.3 Å². The second-order valence-corrected chi connectivity index (χ2v) is 4.49. The van der Waals surface area contributed by atoms with E-state index in [9.17, 15) is 0 Å². The molecule has 5 nitrogen and oxygen atoms in total. The molecule has 20 heavy (non-hydrogen) atoms. The lowest BCUT2D eigenvalue weighted by Gasteiger charge is -2.08. The van der Waals surface area contributed by atoms with Crippen LogP contribution in [0.1, 0.15) is 11.3 Å². The first kappa shape index (κ1) is 12.7. The summed E-state index contributed by atoms with van der Waals surface area (Å²) < 4.78 is 16.4. The Labute approximate surface area is 117 Å². The Morgan fingerprint density at radius 2 is 2.10 bits per heavy atom. The van der Waals surface area contributed by atoms with Gasteiger partial charge in [-0.05, 0) is 30.8 Å². The fourth-order valence-corrected chi connectivity index (χ4v) is 2.02. The molecule has 0 spiro atoms. The Balaban J connectivity index is 1.65. The molecule has 0 aliphatic carbocycles. The summed E-state index contributed by atoms with van der Waals surface area (Å²) in [6.45, 7) is 1.50. The zero-order valence-electron chi connectivity index (χ0n) is 11.3. The molecular formula is C15H16N2O3. The van der Waals surface area contributed by atoms with Crippen LogP contribution in [-0.2, 0) is 13.2 Å². The number of rotatable bonds is 5. The van der Waals surface area contributed by atoms with Crippen molar-refractivity contribution < 1.29 is 14.2 Å². The first-order valence-electron chi connectivity index (χ1n) is 6.46. The van der Waals surface area contributed by atoms with Gasteiger partial charge < -0.3 is 19.5 Å². The van der Waals surface area contributed by atoms with Crippen molar-refractivity contribution in [3.8, 4) is 17.2 Å². The zero-order chi connectivity index (χ0) is 13.8. The Kier molecular flexibility index (Phi) is 3.69. The van der Waals surface area contributed by atoms with Gasteiger partial charge in [-0.2, -0.15) is 0 Å². The van der Waals surface area contributed by atoms with Crippen molar-refractivity contribution in [2.45, 2.75) is 13.2 Å². The predicted octanol–water partition coefficient (Wildman–Crippen LogP) is 2.11. The van der Waals surface area contributed by atoms with E-state index in [-0.39, 0.29) is 6.79 Å². The van der Waals surface area contributed by atoms with Crippen molar-refractivity contribution in [2.24, 2.45) is 0 Å². The molecule has 2 heterocycles. The highest BCUT2D eigenvalue weighted by molar-refractivity contribution is 5.44. The minimum Gasteiger partial charge on any atom is -0.489 e. The number of hydrogen-bond acceptors (Lipinski definition) is 5. The molecule has 0 saturated carbocycles. The van der Waals surface area contributed by atoms with E-state index in [1.54, 1.807) is 6.20 Å². The zero-order valence-corrected chi connectivity index (χ0v) is 11.3. The molecule has 0 amide bonds. The third kappa shape index (κ3) is 2.83. The van der Waals surface area contributed by atoms with Gasteiger partial charge in [0.15, 0.2) is 11.5 Å². The number of hydrogen-bond donors (Lipinski definition) is 1. The molecule has 3 rings (SSSR count). The summed E-state index contributed by atoms with van der Waals surface area (Å²) in [5.41, 5.74) is 2.00. The van der Waals surface area contributed by atoms with Gasteiger partial charge in [-0.15, -0.1) is 0 Å². The number of benzene rings is 1. The molecule has 0 radical (unpaired) electrons. The maximum Gasteiger partial charge on any atom is 0.231 e. The topological polar surface area (TPSA) is 52.6 Å². The largest absolute Gasteiger partial charge is 0.489 e. The van der Waals surface area contributed by atoms with E-state index in [0.717, 1.165) is 35.1 Å². The Bertz CT molecular complexity index is 601. The number of nitrogens with zero attached hydrogens (tertiary/aromatic N) is 1. The number of ether oxygens (including phenoxy) is 3. The molecule has 0 atom stereocenters. The van der Waals surface area contributed by atoms with Gasteiger partial charge in [-0.25, -0.2) is 0 Å². The van der Waals surface area contributed by atoms with Gasteiger partial charge in [0.2, 0.25) is 6.79 Å². The quantitative estimate of drug-likeness (QED) is 0.903. The van der Waals surface area contributed by atoms with Crippen molar-refractivity contribution in [3.05, 3.63) is 47.8 Å². The average molecular weight is 272 g/mol. The van der Waals surface area contributed by atoms with Crippen molar-refractivity contribution >= 4 is 0 Å². The van der Waals surface area contributed by atoms with Gasteiger partial charge in [-0.1, -0.05) is 6.07 Å². The first-order valence-corrected chi connectivity index (χ1v) is 6.46. The fourth-order valence-electron chi connectivity index (χ4n) is 2.02. The summed E-state index contributed by atoms with van der Waals surface area (Å²) >= 11 is 0. The molecule has 1 aliphatic heterocycles. The standard InChI is InChI=1S/C15H16N2O3/c1-16-8-12-7-13(4-5-17-12)18-9-11-2-3-14-15(6-11)20-10-19-14/h2-7,16H,8-10H2,1H3. The van der Waals surface area contributed by atoms with Gasteiger partial charge in [0.05, 0.1) is 5.69 Å². The van der Waals surface area contributed by atoms with E-state index in [0.29, 0.717) is 6.61 Å². The number of pyridine rings is 1. The molecule has 1 aliphatic rings. The monoisotopic (exact) mass is 272 g/mol. The SMILES string of the molecule is CNCc1cc(OCc2ccc3c(c2)OCO3)ccn1. The number of fused-ring (bicyclic) bond motifs is 1. The van der Waals surface area contributed by atoms with E-state index < -0.39 is 0 Å². The minimum absolute atomic E-state index is 0.289. The van der Waals surface area contributed by atoms with Gasteiger partial charge in [0.25, 0.3) is 0 Å². The molecule has 1 aromatic heterocycles. The van der Waals surface area contributed by atoms with E-state index in [1.807, 2.05) is 37.4 Å². The van der Waals surface area contributed by atoms with Crippen LogP contribution in [0.4, 0.5) is 0 Å². The lowest BCUT2D eigenvalue weighted by molar-refractivity contribution is 0.174. The van der Waals surface area contributed by atoms with Crippen LogP contribution in [0.15, 0.2) is 36.5 Å². The summed E-state index contributed by atoms with van der Waals surface area (Å²) in [6.07, 6.45) is 1.75. The molecule has 104 valence electrons. The van der Waals surface area contributed by atoms with Crippen LogP contribution in [0.25, 0.3) is 0 Å². The fraction of sp³-hybridized carbons (Fsp3) is 0.267. The first-order chi connectivity index (χ1) is 9.85. The number of nitrogens with one attached hydrogen (secondary N) is 1. The maximum absolute atomic E-state index is 5.77. The maximum atomic E-state index is 5.77. The Morgan fingerprint density at radius 3 is 3.00 bits per heavy atom. The summed E-state index contributed by atoms with van der Waals surface area (Å²) in [5, 5.41) is 3.06. The van der Waals surface area contributed by atoms with Gasteiger partial charge in [0, 0.05) is 18.8 Å².